The van der Waals surface area contributed by atoms with E-state index in [1.54, 1.807) is 23.1 Å². The van der Waals surface area contributed by atoms with Crippen molar-refractivity contribution in [3.63, 3.8) is 0 Å². The number of carbonyl (C=O) groups is 1. The van der Waals surface area contributed by atoms with Gasteiger partial charge >= 0.3 is 0 Å². The van der Waals surface area contributed by atoms with Crippen LogP contribution in [0.15, 0.2) is 23.4 Å². The number of halogens is 1. The summed E-state index contributed by atoms with van der Waals surface area (Å²) < 4.78 is 0. The Hall–Kier alpha value is -1.75. The molecule has 21 heavy (non-hydrogen) atoms. The van der Waals surface area contributed by atoms with E-state index < -0.39 is 0 Å². The van der Waals surface area contributed by atoms with Crippen LogP contribution in [0.5, 0.6) is 0 Å². The average molecular weight is 310 g/mol. The van der Waals surface area contributed by atoms with Gasteiger partial charge in [-0.1, -0.05) is 29.6 Å². The van der Waals surface area contributed by atoms with E-state index in [2.05, 4.69) is 5.16 Å². The van der Waals surface area contributed by atoms with Crippen molar-refractivity contribution in [2.45, 2.75) is 38.6 Å². The zero-order valence-corrected chi connectivity index (χ0v) is 12.8. The van der Waals surface area contributed by atoms with Crippen molar-refractivity contribution in [1.29, 1.82) is 0 Å². The van der Waals surface area contributed by atoms with Gasteiger partial charge in [-0.05, 0) is 43.5 Å². The summed E-state index contributed by atoms with van der Waals surface area (Å²) in [5.41, 5.74) is 7.04. The molecule has 6 heteroatoms. The molecule has 0 spiro atoms. The van der Waals surface area contributed by atoms with Gasteiger partial charge in [0.05, 0.1) is 6.54 Å². The summed E-state index contributed by atoms with van der Waals surface area (Å²) in [5.74, 6) is -0.0514. The van der Waals surface area contributed by atoms with Crippen LogP contribution in [-0.2, 0) is 0 Å². The maximum absolute atomic E-state index is 12.8. The largest absolute Gasteiger partial charge is 0.409 e. The summed E-state index contributed by atoms with van der Waals surface area (Å²) in [6.45, 7) is 2.00. The van der Waals surface area contributed by atoms with Crippen molar-refractivity contribution in [3.05, 3.63) is 34.3 Å². The fourth-order valence-electron chi connectivity index (χ4n) is 2.81. The lowest BCUT2D eigenvalue weighted by molar-refractivity contribution is 0.0711. The van der Waals surface area contributed by atoms with E-state index in [1.807, 2.05) is 6.92 Å². The van der Waals surface area contributed by atoms with Crippen LogP contribution < -0.4 is 5.73 Å². The third kappa shape index (κ3) is 3.67. The summed E-state index contributed by atoms with van der Waals surface area (Å²) in [6.07, 6.45) is 4.11. The molecule has 3 N–H and O–H groups in total. The first kappa shape index (κ1) is 15.6. The van der Waals surface area contributed by atoms with E-state index in [0.29, 0.717) is 10.6 Å². The average Bonchev–Trinajstić information content (AvgIpc) is 2.97. The normalized spacial score (nSPS) is 16.2. The molecule has 0 aliphatic heterocycles. The zero-order chi connectivity index (χ0) is 15.4. The van der Waals surface area contributed by atoms with Crippen LogP contribution in [0.3, 0.4) is 0 Å². The highest BCUT2D eigenvalue weighted by molar-refractivity contribution is 6.30. The van der Waals surface area contributed by atoms with Gasteiger partial charge in [0.15, 0.2) is 5.84 Å². The molecule has 1 saturated carbocycles. The Morgan fingerprint density at radius 2 is 2.14 bits per heavy atom. The Labute approximate surface area is 129 Å². The Morgan fingerprint density at radius 1 is 1.48 bits per heavy atom. The number of amidine groups is 1. The smallest absolute Gasteiger partial charge is 0.254 e. The molecule has 0 bridgehead atoms. The number of aryl methyl sites for hydroxylation is 1. The monoisotopic (exact) mass is 309 g/mol. The molecule has 1 fully saturated rings. The van der Waals surface area contributed by atoms with Crippen molar-refractivity contribution in [2.24, 2.45) is 10.9 Å². The molecular formula is C15H20ClN3O2. The van der Waals surface area contributed by atoms with Gasteiger partial charge in [0.25, 0.3) is 5.91 Å². The van der Waals surface area contributed by atoms with E-state index in [-0.39, 0.29) is 24.3 Å². The van der Waals surface area contributed by atoms with Crippen molar-refractivity contribution in [1.82, 2.24) is 4.90 Å². The second-order valence-corrected chi connectivity index (χ2v) is 5.86. The second-order valence-electron chi connectivity index (χ2n) is 5.42. The Bertz CT molecular complexity index is 554. The van der Waals surface area contributed by atoms with Gasteiger partial charge < -0.3 is 15.8 Å². The quantitative estimate of drug-likeness (QED) is 0.388. The van der Waals surface area contributed by atoms with Crippen LogP contribution in [-0.4, -0.2) is 34.4 Å². The number of oxime groups is 1. The van der Waals surface area contributed by atoms with Gasteiger partial charge in [0.1, 0.15) is 0 Å². The fraction of sp³-hybridized carbons (Fsp3) is 0.467. The predicted molar refractivity (Wildman–Crippen MR) is 82.9 cm³/mol. The Morgan fingerprint density at radius 3 is 2.71 bits per heavy atom. The van der Waals surface area contributed by atoms with Crippen LogP contribution in [0.4, 0.5) is 0 Å². The molecule has 2 rings (SSSR count). The van der Waals surface area contributed by atoms with Crippen molar-refractivity contribution in [3.8, 4) is 0 Å². The molecule has 0 unspecified atom stereocenters. The lowest BCUT2D eigenvalue weighted by Crippen LogP contribution is -2.44. The molecule has 1 aliphatic rings. The lowest BCUT2D eigenvalue weighted by Gasteiger charge is -2.29. The van der Waals surface area contributed by atoms with E-state index in [0.717, 1.165) is 31.2 Å². The lowest BCUT2D eigenvalue weighted by atomic mass is 10.1. The maximum atomic E-state index is 12.8. The summed E-state index contributed by atoms with van der Waals surface area (Å²) in [5, 5.41) is 12.4. The maximum Gasteiger partial charge on any atom is 0.254 e. The number of nitrogens with zero attached hydrogens (tertiary/aromatic N) is 2. The molecule has 1 aromatic rings. The highest BCUT2D eigenvalue weighted by Crippen LogP contribution is 2.26. The number of benzene rings is 1. The summed E-state index contributed by atoms with van der Waals surface area (Å²) in [6, 6.07) is 5.35. The molecule has 1 aromatic carbocycles. The molecule has 0 saturated heterocycles. The SMILES string of the molecule is Cc1cc(Cl)ccc1C(=O)N(C/C(N)=N/O)C1CCCC1. The van der Waals surface area contributed by atoms with Crippen LogP contribution in [0.25, 0.3) is 0 Å². The summed E-state index contributed by atoms with van der Waals surface area (Å²) in [4.78, 5) is 14.5. The first-order chi connectivity index (χ1) is 10.0. The summed E-state index contributed by atoms with van der Waals surface area (Å²) in [7, 11) is 0. The first-order valence-corrected chi connectivity index (χ1v) is 7.44. The van der Waals surface area contributed by atoms with Crippen LogP contribution in [0.2, 0.25) is 5.02 Å². The third-order valence-electron chi connectivity index (χ3n) is 3.91. The minimum Gasteiger partial charge on any atom is -0.409 e. The van der Waals surface area contributed by atoms with E-state index in [9.17, 15) is 4.79 Å². The van der Waals surface area contributed by atoms with Gasteiger partial charge in [-0.2, -0.15) is 0 Å². The number of rotatable bonds is 4. The van der Waals surface area contributed by atoms with Crippen LogP contribution in [0, 0.1) is 6.92 Å². The van der Waals surface area contributed by atoms with Crippen LogP contribution >= 0.6 is 11.6 Å². The number of amides is 1. The highest BCUT2D eigenvalue weighted by Gasteiger charge is 2.28. The number of hydrogen-bond acceptors (Lipinski definition) is 3. The topological polar surface area (TPSA) is 78.9 Å². The Balaban J connectivity index is 2.28. The molecule has 0 aromatic heterocycles. The van der Waals surface area contributed by atoms with Gasteiger partial charge in [-0.3, -0.25) is 4.79 Å². The van der Waals surface area contributed by atoms with Gasteiger partial charge in [0, 0.05) is 16.6 Å². The van der Waals surface area contributed by atoms with E-state index in [1.165, 1.54) is 0 Å². The Kier molecular flexibility index (Phi) is 5.07. The van der Waals surface area contributed by atoms with E-state index in [4.69, 9.17) is 22.5 Å². The summed E-state index contributed by atoms with van der Waals surface area (Å²) >= 11 is 5.94. The van der Waals surface area contributed by atoms with Crippen LogP contribution in [0.1, 0.15) is 41.6 Å². The van der Waals surface area contributed by atoms with Crippen molar-refractivity contribution < 1.29 is 10.0 Å². The molecule has 5 nitrogen and oxygen atoms in total. The fourth-order valence-corrected chi connectivity index (χ4v) is 3.04. The second kappa shape index (κ2) is 6.80. The molecule has 1 amide bonds. The molecule has 1 aliphatic carbocycles. The minimum atomic E-state index is -0.0948. The number of carbonyl (C=O) groups excluding carboxylic acids is 1. The van der Waals surface area contributed by atoms with Gasteiger partial charge in [0.2, 0.25) is 0 Å². The van der Waals surface area contributed by atoms with E-state index >= 15 is 0 Å². The molecule has 114 valence electrons. The first-order valence-electron chi connectivity index (χ1n) is 7.06. The van der Waals surface area contributed by atoms with Gasteiger partial charge in [-0.15, -0.1) is 0 Å². The van der Waals surface area contributed by atoms with Gasteiger partial charge in [-0.25, -0.2) is 0 Å². The zero-order valence-electron chi connectivity index (χ0n) is 12.1. The third-order valence-corrected chi connectivity index (χ3v) is 4.14. The predicted octanol–water partition coefficient (Wildman–Crippen LogP) is 2.78. The van der Waals surface area contributed by atoms with Crippen molar-refractivity contribution in [2.75, 3.05) is 6.54 Å². The number of hydrogen-bond donors (Lipinski definition) is 2. The van der Waals surface area contributed by atoms with Crippen molar-refractivity contribution >= 4 is 23.3 Å². The molecule has 0 heterocycles. The standard InChI is InChI=1S/C15H20ClN3O2/c1-10-8-11(16)6-7-13(10)15(20)19(9-14(17)18-21)12-4-2-3-5-12/h6-8,12,21H,2-5,9H2,1H3,(H2,17,18). The highest BCUT2D eigenvalue weighted by atomic mass is 35.5. The molecule has 0 atom stereocenters. The molecule has 0 radical (unpaired) electrons. The molecular weight excluding hydrogens is 290 g/mol. The number of nitrogens with two attached hydrogens (primary N) is 1. The minimum absolute atomic E-state index is 0.0434.